The van der Waals surface area contributed by atoms with Gasteiger partial charge in [0.2, 0.25) is 0 Å². The minimum atomic E-state index is 0.940. The molecule has 0 fully saturated rings. The summed E-state index contributed by atoms with van der Waals surface area (Å²) in [5.41, 5.74) is 0. The van der Waals surface area contributed by atoms with Crippen LogP contribution in [0.3, 0.4) is 0 Å². The van der Waals surface area contributed by atoms with Crippen LogP contribution in [0.2, 0.25) is 0 Å². The highest BCUT2D eigenvalue weighted by molar-refractivity contribution is 4.90. The molecule has 0 saturated heterocycles. The molecule has 0 unspecified atom stereocenters. The summed E-state index contributed by atoms with van der Waals surface area (Å²) in [6, 6.07) is 0. The Labute approximate surface area is 98.7 Å². The summed E-state index contributed by atoms with van der Waals surface area (Å²) in [6.45, 7) is 3.22. The van der Waals surface area contributed by atoms with Crippen LogP contribution in [0.1, 0.15) is 25.1 Å². The Kier molecular flexibility index (Phi) is 6.11. The van der Waals surface area contributed by atoms with E-state index in [1.165, 1.54) is 19.3 Å². The van der Waals surface area contributed by atoms with Crippen molar-refractivity contribution in [1.29, 1.82) is 0 Å². The fourth-order valence-corrected chi connectivity index (χ4v) is 1.73. The Bertz CT molecular complexity index is 282. The summed E-state index contributed by atoms with van der Waals surface area (Å²) >= 11 is 0. The molecule has 0 aromatic carbocycles. The fraction of sp³-hybridized carbons (Fsp3) is 0.750. The first-order chi connectivity index (χ1) is 7.74. The van der Waals surface area contributed by atoms with Gasteiger partial charge in [-0.3, -0.25) is 4.90 Å². The molecule has 16 heavy (non-hydrogen) atoms. The van der Waals surface area contributed by atoms with E-state index in [1.807, 2.05) is 26.5 Å². The minimum Gasteiger partial charge on any atom is -0.337 e. The first-order valence-corrected chi connectivity index (χ1v) is 6.03. The van der Waals surface area contributed by atoms with Crippen molar-refractivity contribution in [3.8, 4) is 0 Å². The van der Waals surface area contributed by atoms with Gasteiger partial charge in [0.15, 0.2) is 0 Å². The number of aromatic nitrogens is 2. The summed E-state index contributed by atoms with van der Waals surface area (Å²) in [5, 5.41) is 3.17. The molecule has 4 nitrogen and oxygen atoms in total. The Balaban J connectivity index is 2.11. The van der Waals surface area contributed by atoms with Crippen LogP contribution in [0.4, 0.5) is 0 Å². The summed E-state index contributed by atoms with van der Waals surface area (Å²) in [4.78, 5) is 6.66. The quantitative estimate of drug-likeness (QED) is 0.675. The van der Waals surface area contributed by atoms with Gasteiger partial charge in [-0.2, -0.15) is 0 Å². The molecule has 1 N–H and O–H groups in total. The van der Waals surface area contributed by atoms with Crippen molar-refractivity contribution in [2.45, 2.75) is 25.8 Å². The van der Waals surface area contributed by atoms with Gasteiger partial charge in [-0.05, 0) is 40.0 Å². The third-order valence-corrected chi connectivity index (χ3v) is 2.80. The lowest BCUT2D eigenvalue weighted by atomic mass is 10.2. The molecule has 1 aromatic rings. The van der Waals surface area contributed by atoms with Crippen LogP contribution >= 0.6 is 0 Å². The summed E-state index contributed by atoms with van der Waals surface area (Å²) in [7, 11) is 6.21. The van der Waals surface area contributed by atoms with E-state index in [2.05, 4.69) is 26.8 Å². The van der Waals surface area contributed by atoms with E-state index in [0.717, 1.165) is 25.5 Å². The summed E-state index contributed by atoms with van der Waals surface area (Å²) in [5.74, 6) is 1.14. The van der Waals surface area contributed by atoms with Gasteiger partial charge in [-0.1, -0.05) is 6.42 Å². The minimum absolute atomic E-state index is 0.940. The lowest BCUT2D eigenvalue weighted by Crippen LogP contribution is -2.21. The van der Waals surface area contributed by atoms with Gasteiger partial charge < -0.3 is 9.88 Å². The first-order valence-electron chi connectivity index (χ1n) is 6.03. The molecule has 1 heterocycles. The second-order valence-corrected chi connectivity index (χ2v) is 4.36. The molecule has 0 aliphatic rings. The molecule has 92 valence electrons. The van der Waals surface area contributed by atoms with Gasteiger partial charge in [-0.15, -0.1) is 0 Å². The summed E-state index contributed by atoms with van der Waals surface area (Å²) in [6.07, 6.45) is 7.69. The molecule has 0 amide bonds. The molecule has 0 spiro atoms. The number of hydrogen-bond acceptors (Lipinski definition) is 3. The zero-order valence-electron chi connectivity index (χ0n) is 10.7. The van der Waals surface area contributed by atoms with Crippen LogP contribution in [-0.4, -0.2) is 41.6 Å². The number of nitrogens with zero attached hydrogens (tertiary/aromatic N) is 3. The Morgan fingerprint density at radius 1 is 1.38 bits per heavy atom. The second-order valence-electron chi connectivity index (χ2n) is 4.36. The van der Waals surface area contributed by atoms with Crippen LogP contribution in [0.5, 0.6) is 0 Å². The zero-order valence-corrected chi connectivity index (χ0v) is 10.7. The number of unbranched alkanes of at least 4 members (excludes halogenated alkanes) is 2. The van der Waals surface area contributed by atoms with Gasteiger partial charge in [0.25, 0.3) is 0 Å². The Morgan fingerprint density at radius 3 is 2.81 bits per heavy atom. The maximum absolute atomic E-state index is 4.32. The number of nitrogens with one attached hydrogen (secondary N) is 1. The number of rotatable bonds is 8. The van der Waals surface area contributed by atoms with Crippen molar-refractivity contribution >= 4 is 0 Å². The van der Waals surface area contributed by atoms with Crippen LogP contribution < -0.4 is 5.32 Å². The van der Waals surface area contributed by atoms with E-state index in [-0.39, 0.29) is 0 Å². The van der Waals surface area contributed by atoms with Crippen molar-refractivity contribution in [1.82, 2.24) is 19.8 Å². The van der Waals surface area contributed by atoms with E-state index >= 15 is 0 Å². The fourth-order valence-electron chi connectivity index (χ4n) is 1.73. The van der Waals surface area contributed by atoms with E-state index in [4.69, 9.17) is 0 Å². The van der Waals surface area contributed by atoms with E-state index < -0.39 is 0 Å². The maximum atomic E-state index is 4.32. The van der Waals surface area contributed by atoms with Crippen LogP contribution in [0.15, 0.2) is 12.4 Å². The van der Waals surface area contributed by atoms with Crippen molar-refractivity contribution < 1.29 is 0 Å². The molecule has 1 aromatic heterocycles. The summed E-state index contributed by atoms with van der Waals surface area (Å²) < 4.78 is 2.08. The van der Waals surface area contributed by atoms with Gasteiger partial charge in [0.1, 0.15) is 5.82 Å². The highest BCUT2D eigenvalue weighted by Gasteiger charge is 2.03. The van der Waals surface area contributed by atoms with Crippen molar-refractivity contribution in [3.05, 3.63) is 18.2 Å². The number of hydrogen-bond donors (Lipinski definition) is 1. The Hall–Kier alpha value is -0.870. The lowest BCUT2D eigenvalue weighted by Gasteiger charge is -2.16. The van der Waals surface area contributed by atoms with E-state index in [9.17, 15) is 0 Å². The Morgan fingerprint density at radius 2 is 2.19 bits per heavy atom. The predicted molar refractivity (Wildman–Crippen MR) is 67.3 cm³/mol. The normalized spacial score (nSPS) is 11.2. The molecule has 0 bridgehead atoms. The molecular weight excluding hydrogens is 200 g/mol. The number of aryl methyl sites for hydroxylation is 1. The molecule has 0 radical (unpaired) electrons. The van der Waals surface area contributed by atoms with Gasteiger partial charge in [0, 0.05) is 19.4 Å². The van der Waals surface area contributed by atoms with Crippen molar-refractivity contribution in [2.24, 2.45) is 7.05 Å². The highest BCUT2D eigenvalue weighted by atomic mass is 15.1. The molecule has 0 aliphatic carbocycles. The van der Waals surface area contributed by atoms with E-state index in [1.54, 1.807) is 0 Å². The van der Waals surface area contributed by atoms with Gasteiger partial charge in [-0.25, -0.2) is 4.98 Å². The van der Waals surface area contributed by atoms with Crippen LogP contribution in [0, 0.1) is 0 Å². The standard InChI is InChI=1S/C12H24N4/c1-13-7-5-4-6-9-15(2)11-12-14-8-10-16(12)3/h8,10,13H,4-7,9,11H2,1-3H3. The average Bonchev–Trinajstić information content (AvgIpc) is 2.64. The molecule has 4 heteroatoms. The molecule has 0 saturated carbocycles. The molecule has 1 rings (SSSR count). The largest absolute Gasteiger partial charge is 0.337 e. The SMILES string of the molecule is CNCCCCCN(C)Cc1nccn1C. The highest BCUT2D eigenvalue weighted by Crippen LogP contribution is 2.02. The molecule has 0 aliphatic heterocycles. The van der Waals surface area contributed by atoms with Gasteiger partial charge >= 0.3 is 0 Å². The second kappa shape index (κ2) is 7.41. The monoisotopic (exact) mass is 224 g/mol. The zero-order chi connectivity index (χ0) is 11.8. The topological polar surface area (TPSA) is 33.1 Å². The van der Waals surface area contributed by atoms with Crippen LogP contribution in [0.25, 0.3) is 0 Å². The lowest BCUT2D eigenvalue weighted by molar-refractivity contribution is 0.306. The third-order valence-electron chi connectivity index (χ3n) is 2.80. The van der Waals surface area contributed by atoms with E-state index in [0.29, 0.717) is 0 Å². The van der Waals surface area contributed by atoms with Gasteiger partial charge in [0.05, 0.1) is 6.54 Å². The predicted octanol–water partition coefficient (Wildman–Crippen LogP) is 1.24. The van der Waals surface area contributed by atoms with Crippen molar-refractivity contribution in [3.63, 3.8) is 0 Å². The molecule has 0 atom stereocenters. The molecular formula is C12H24N4. The van der Waals surface area contributed by atoms with Crippen molar-refractivity contribution in [2.75, 3.05) is 27.2 Å². The third kappa shape index (κ3) is 4.77. The maximum Gasteiger partial charge on any atom is 0.122 e. The number of imidazole rings is 1. The van der Waals surface area contributed by atoms with Crippen LogP contribution in [-0.2, 0) is 13.6 Å². The smallest absolute Gasteiger partial charge is 0.122 e. The first kappa shape index (κ1) is 13.2. The average molecular weight is 224 g/mol.